The van der Waals surface area contributed by atoms with Gasteiger partial charge in [-0.25, -0.2) is 4.98 Å². The van der Waals surface area contributed by atoms with Gasteiger partial charge in [-0.15, -0.1) is 11.3 Å². The van der Waals surface area contributed by atoms with E-state index in [-0.39, 0.29) is 24.1 Å². The third kappa shape index (κ3) is 3.12. The minimum atomic E-state index is -0.246. The summed E-state index contributed by atoms with van der Waals surface area (Å²) in [5, 5.41) is 12.8. The molecule has 3 heterocycles. The van der Waals surface area contributed by atoms with E-state index >= 15 is 0 Å². The van der Waals surface area contributed by atoms with E-state index in [1.807, 2.05) is 24.4 Å². The van der Waals surface area contributed by atoms with Gasteiger partial charge in [-0.2, -0.15) is 0 Å². The number of piperidine rings is 2. The average molecular weight is 309 g/mol. The minimum Gasteiger partial charge on any atom is -0.393 e. The molecule has 1 aromatic heterocycles. The van der Waals surface area contributed by atoms with Crippen molar-refractivity contribution in [2.45, 2.75) is 56.8 Å². The van der Waals surface area contributed by atoms with E-state index in [9.17, 15) is 9.90 Å². The summed E-state index contributed by atoms with van der Waals surface area (Å²) >= 11 is 1.55. The standard InChI is InChI=1S/C15H23N3O2S/c1-17(2)8-14-16-13(9-21-14)15(20)18-10-4-3-5-11(18)7-12(19)6-10/h9-12,19H,3-8H2,1-2H3/t10-,11+,12?. The molecule has 1 N–H and O–H groups in total. The van der Waals surface area contributed by atoms with Gasteiger partial charge >= 0.3 is 0 Å². The summed E-state index contributed by atoms with van der Waals surface area (Å²) in [6.45, 7) is 0.767. The summed E-state index contributed by atoms with van der Waals surface area (Å²) < 4.78 is 0. The van der Waals surface area contributed by atoms with Crippen molar-refractivity contribution in [3.05, 3.63) is 16.1 Å². The molecule has 0 saturated carbocycles. The van der Waals surface area contributed by atoms with Gasteiger partial charge in [0.05, 0.1) is 6.10 Å². The second kappa shape index (κ2) is 6.02. The van der Waals surface area contributed by atoms with Crippen molar-refractivity contribution in [2.24, 2.45) is 0 Å². The van der Waals surface area contributed by atoms with Crippen molar-refractivity contribution in [1.29, 1.82) is 0 Å². The van der Waals surface area contributed by atoms with Gasteiger partial charge in [0.15, 0.2) is 0 Å². The topological polar surface area (TPSA) is 56.7 Å². The predicted molar refractivity (Wildman–Crippen MR) is 82.3 cm³/mol. The molecule has 1 amide bonds. The van der Waals surface area contributed by atoms with Crippen molar-refractivity contribution >= 4 is 17.2 Å². The van der Waals surface area contributed by atoms with E-state index in [2.05, 4.69) is 9.88 Å². The minimum absolute atomic E-state index is 0.0536. The van der Waals surface area contributed by atoms with Crippen LogP contribution in [0.15, 0.2) is 5.38 Å². The van der Waals surface area contributed by atoms with Crippen molar-refractivity contribution < 1.29 is 9.90 Å². The molecular weight excluding hydrogens is 286 g/mol. The van der Waals surface area contributed by atoms with Gasteiger partial charge in [0.25, 0.3) is 5.91 Å². The lowest BCUT2D eigenvalue weighted by molar-refractivity contribution is -0.0153. The fraction of sp³-hybridized carbons (Fsp3) is 0.733. The Kier molecular flexibility index (Phi) is 4.28. The highest BCUT2D eigenvalue weighted by Crippen LogP contribution is 2.35. The molecule has 2 saturated heterocycles. The number of carbonyl (C=O) groups excluding carboxylic acids is 1. The summed E-state index contributed by atoms with van der Waals surface area (Å²) in [6.07, 6.45) is 4.37. The lowest BCUT2D eigenvalue weighted by Crippen LogP contribution is -2.55. The molecule has 3 rings (SSSR count). The Morgan fingerprint density at radius 1 is 1.43 bits per heavy atom. The molecule has 1 unspecified atom stereocenters. The van der Waals surface area contributed by atoms with Crippen LogP contribution >= 0.6 is 11.3 Å². The number of aromatic nitrogens is 1. The molecule has 5 nitrogen and oxygen atoms in total. The molecule has 0 aromatic carbocycles. The van der Waals surface area contributed by atoms with E-state index < -0.39 is 0 Å². The molecule has 0 radical (unpaired) electrons. The lowest BCUT2D eigenvalue weighted by Gasteiger charge is -2.47. The molecule has 1 aromatic rings. The molecule has 3 atom stereocenters. The highest BCUT2D eigenvalue weighted by Gasteiger charge is 2.41. The van der Waals surface area contributed by atoms with Crippen LogP contribution in [-0.2, 0) is 6.54 Å². The van der Waals surface area contributed by atoms with Crippen LogP contribution in [0.1, 0.15) is 47.6 Å². The molecule has 2 aliphatic rings. The second-order valence-corrected chi connectivity index (χ2v) is 7.38. The summed E-state index contributed by atoms with van der Waals surface area (Å²) in [6, 6.07) is 0.387. The highest BCUT2D eigenvalue weighted by molar-refractivity contribution is 7.09. The van der Waals surface area contributed by atoms with E-state index in [0.717, 1.165) is 43.7 Å². The normalized spacial score (nSPS) is 29.0. The zero-order chi connectivity index (χ0) is 15.0. The number of fused-ring (bicyclic) bond motifs is 2. The number of rotatable bonds is 3. The Labute approximate surface area is 129 Å². The number of nitrogens with zero attached hydrogens (tertiary/aromatic N) is 3. The third-order valence-corrected chi connectivity index (χ3v) is 5.24. The number of aliphatic hydroxyl groups is 1. The summed E-state index contributed by atoms with van der Waals surface area (Å²) in [5.74, 6) is 0.0536. The van der Waals surface area contributed by atoms with Crippen LogP contribution in [0.25, 0.3) is 0 Å². The van der Waals surface area contributed by atoms with Crippen LogP contribution in [0.5, 0.6) is 0 Å². The predicted octanol–water partition coefficient (Wildman–Crippen LogP) is 1.72. The Morgan fingerprint density at radius 2 is 2.10 bits per heavy atom. The summed E-state index contributed by atoms with van der Waals surface area (Å²) in [7, 11) is 4.00. The van der Waals surface area contributed by atoms with Gasteiger partial charge < -0.3 is 14.9 Å². The first-order valence-electron chi connectivity index (χ1n) is 7.64. The van der Waals surface area contributed by atoms with Gasteiger partial charge in [-0.3, -0.25) is 4.79 Å². The van der Waals surface area contributed by atoms with Gasteiger partial charge in [0.2, 0.25) is 0 Å². The molecule has 0 aliphatic carbocycles. The third-order valence-electron chi connectivity index (χ3n) is 4.41. The highest BCUT2D eigenvalue weighted by atomic mass is 32.1. The zero-order valence-corrected chi connectivity index (χ0v) is 13.5. The Hall–Kier alpha value is -0.980. The fourth-order valence-electron chi connectivity index (χ4n) is 3.57. The van der Waals surface area contributed by atoms with Crippen molar-refractivity contribution in [3.8, 4) is 0 Å². The van der Waals surface area contributed by atoms with Crippen molar-refractivity contribution in [2.75, 3.05) is 14.1 Å². The number of carbonyl (C=O) groups is 1. The lowest BCUT2D eigenvalue weighted by atomic mass is 9.83. The monoisotopic (exact) mass is 309 g/mol. The summed E-state index contributed by atoms with van der Waals surface area (Å²) in [4.78, 5) is 21.3. The Bertz CT molecular complexity index is 503. The maximum absolute atomic E-state index is 12.8. The van der Waals surface area contributed by atoms with E-state index in [4.69, 9.17) is 0 Å². The molecule has 0 spiro atoms. The van der Waals surface area contributed by atoms with Crippen LogP contribution in [0, 0.1) is 0 Å². The van der Waals surface area contributed by atoms with Gasteiger partial charge in [-0.05, 0) is 46.2 Å². The van der Waals surface area contributed by atoms with Gasteiger partial charge in [0.1, 0.15) is 10.7 Å². The second-order valence-electron chi connectivity index (χ2n) is 6.44. The van der Waals surface area contributed by atoms with Crippen molar-refractivity contribution in [3.63, 3.8) is 0 Å². The summed E-state index contributed by atoms with van der Waals surface area (Å²) in [5.41, 5.74) is 0.574. The maximum atomic E-state index is 12.8. The molecule has 21 heavy (non-hydrogen) atoms. The quantitative estimate of drug-likeness (QED) is 0.924. The van der Waals surface area contributed by atoms with Crippen LogP contribution in [0.4, 0.5) is 0 Å². The molecular formula is C15H23N3O2S. The fourth-order valence-corrected chi connectivity index (χ4v) is 4.45. The van der Waals surface area contributed by atoms with Gasteiger partial charge in [0, 0.05) is 24.0 Å². The number of aliphatic hydroxyl groups excluding tert-OH is 1. The first kappa shape index (κ1) is 14.9. The van der Waals surface area contributed by atoms with Crippen LogP contribution in [0.2, 0.25) is 0 Å². The van der Waals surface area contributed by atoms with Crippen LogP contribution in [-0.4, -0.2) is 58.1 Å². The van der Waals surface area contributed by atoms with Crippen molar-refractivity contribution in [1.82, 2.24) is 14.8 Å². The Balaban J connectivity index is 1.76. The smallest absolute Gasteiger partial charge is 0.273 e. The first-order valence-corrected chi connectivity index (χ1v) is 8.52. The van der Waals surface area contributed by atoms with E-state index in [1.54, 1.807) is 11.3 Å². The number of thiazole rings is 1. The Morgan fingerprint density at radius 3 is 2.71 bits per heavy atom. The SMILES string of the molecule is CN(C)Cc1nc(C(=O)N2[C@@H]3CCC[C@H]2CC(O)C3)cs1. The van der Waals surface area contributed by atoms with Crippen LogP contribution < -0.4 is 0 Å². The number of amides is 1. The van der Waals surface area contributed by atoms with Crippen LogP contribution in [0.3, 0.4) is 0 Å². The number of hydrogen-bond acceptors (Lipinski definition) is 5. The maximum Gasteiger partial charge on any atom is 0.273 e. The zero-order valence-electron chi connectivity index (χ0n) is 12.7. The van der Waals surface area contributed by atoms with E-state index in [0.29, 0.717) is 5.69 Å². The number of hydrogen-bond donors (Lipinski definition) is 1. The molecule has 2 bridgehead atoms. The largest absolute Gasteiger partial charge is 0.393 e. The molecule has 2 fully saturated rings. The molecule has 6 heteroatoms. The van der Waals surface area contributed by atoms with Gasteiger partial charge in [-0.1, -0.05) is 0 Å². The molecule has 2 aliphatic heterocycles. The first-order chi connectivity index (χ1) is 10.0. The molecule has 116 valence electrons. The average Bonchev–Trinajstić information content (AvgIpc) is 2.84. The van der Waals surface area contributed by atoms with E-state index in [1.165, 1.54) is 0 Å².